The molecule has 176 valence electrons. The number of ether oxygens (including phenoxy) is 1. The van der Waals surface area contributed by atoms with Gasteiger partial charge in [0.2, 0.25) is 0 Å². The molecule has 4 unspecified atom stereocenters. The number of carbonyl (C=O) groups excluding carboxylic acids is 1. The van der Waals surface area contributed by atoms with Gasteiger partial charge in [0.05, 0.1) is 6.10 Å². The van der Waals surface area contributed by atoms with Crippen LogP contribution in [0.3, 0.4) is 0 Å². The highest BCUT2D eigenvalue weighted by molar-refractivity contribution is 5.79. The van der Waals surface area contributed by atoms with Crippen LogP contribution in [0.15, 0.2) is 30.3 Å². The summed E-state index contributed by atoms with van der Waals surface area (Å²) in [6.07, 6.45) is 4.52. The zero-order valence-corrected chi connectivity index (χ0v) is 19.8. The van der Waals surface area contributed by atoms with Gasteiger partial charge in [-0.25, -0.2) is 9.59 Å². The van der Waals surface area contributed by atoms with E-state index in [1.807, 2.05) is 25.1 Å². The Morgan fingerprint density at radius 2 is 1.71 bits per heavy atom. The number of hydrogen-bond donors (Lipinski definition) is 3. The fraction of sp³-hybridized carbons (Fsp3) is 0.680. The molecule has 1 rings (SSSR count). The molecule has 0 bridgehead atoms. The fourth-order valence-corrected chi connectivity index (χ4v) is 3.99. The first-order valence-corrected chi connectivity index (χ1v) is 11.5. The Labute approximate surface area is 187 Å². The van der Waals surface area contributed by atoms with Crippen LogP contribution in [-0.4, -0.2) is 40.0 Å². The monoisotopic (exact) mass is 435 g/mol. The van der Waals surface area contributed by atoms with E-state index in [0.717, 1.165) is 32.1 Å². The van der Waals surface area contributed by atoms with Crippen LogP contribution >= 0.6 is 0 Å². The lowest BCUT2D eigenvalue weighted by molar-refractivity contribution is -0.139. The lowest BCUT2D eigenvalue weighted by Crippen LogP contribution is -2.43. The Bertz CT molecular complexity index is 654. The van der Waals surface area contributed by atoms with Crippen molar-refractivity contribution in [2.45, 2.75) is 97.3 Å². The van der Waals surface area contributed by atoms with Crippen LogP contribution in [0.2, 0.25) is 0 Å². The van der Waals surface area contributed by atoms with E-state index in [1.54, 1.807) is 20.8 Å². The van der Waals surface area contributed by atoms with Crippen LogP contribution in [0.25, 0.3) is 0 Å². The SMILES string of the molecule is CCCCC(C(C)O)C(CCCC(NC(=O)OC(C)(C)C)C(=O)O)Cc1ccccc1. The first-order valence-electron chi connectivity index (χ1n) is 11.5. The van der Waals surface area contributed by atoms with E-state index >= 15 is 0 Å². The molecule has 1 aromatic carbocycles. The molecule has 4 atom stereocenters. The van der Waals surface area contributed by atoms with Gasteiger partial charge in [-0.15, -0.1) is 0 Å². The third-order valence-electron chi connectivity index (χ3n) is 5.51. The number of carbonyl (C=O) groups is 2. The van der Waals surface area contributed by atoms with E-state index in [2.05, 4.69) is 24.4 Å². The van der Waals surface area contributed by atoms with Gasteiger partial charge in [-0.2, -0.15) is 0 Å². The minimum Gasteiger partial charge on any atom is -0.480 e. The lowest BCUT2D eigenvalue weighted by atomic mass is 9.77. The molecule has 0 radical (unpaired) electrons. The number of aliphatic carboxylic acids is 1. The van der Waals surface area contributed by atoms with Crippen molar-refractivity contribution < 1.29 is 24.5 Å². The highest BCUT2D eigenvalue weighted by Gasteiger charge is 2.28. The van der Waals surface area contributed by atoms with Crippen molar-refractivity contribution in [2.24, 2.45) is 11.8 Å². The molecule has 0 aliphatic carbocycles. The number of nitrogens with one attached hydrogen (secondary N) is 1. The first kappa shape index (κ1) is 27.0. The first-order chi connectivity index (χ1) is 14.5. The van der Waals surface area contributed by atoms with Gasteiger partial charge in [-0.3, -0.25) is 0 Å². The topological polar surface area (TPSA) is 95.9 Å². The van der Waals surface area contributed by atoms with E-state index in [4.69, 9.17) is 4.74 Å². The van der Waals surface area contributed by atoms with E-state index in [1.165, 1.54) is 5.56 Å². The molecular formula is C25H41NO5. The maximum Gasteiger partial charge on any atom is 0.408 e. The van der Waals surface area contributed by atoms with Crippen LogP contribution in [0, 0.1) is 11.8 Å². The minimum atomic E-state index is -1.07. The number of benzene rings is 1. The molecule has 0 saturated carbocycles. The number of hydrogen-bond acceptors (Lipinski definition) is 4. The molecule has 0 spiro atoms. The Balaban J connectivity index is 2.80. The second kappa shape index (κ2) is 13.4. The molecule has 0 fully saturated rings. The van der Waals surface area contributed by atoms with Crippen molar-refractivity contribution in [1.29, 1.82) is 0 Å². The van der Waals surface area contributed by atoms with Crippen LogP contribution in [-0.2, 0) is 16.0 Å². The molecule has 1 amide bonds. The fourth-order valence-electron chi connectivity index (χ4n) is 3.99. The summed E-state index contributed by atoms with van der Waals surface area (Å²) >= 11 is 0. The summed E-state index contributed by atoms with van der Waals surface area (Å²) < 4.78 is 5.19. The molecule has 6 heteroatoms. The summed E-state index contributed by atoms with van der Waals surface area (Å²) in [4.78, 5) is 23.6. The second-order valence-corrected chi connectivity index (χ2v) is 9.46. The molecule has 0 aromatic heterocycles. The van der Waals surface area contributed by atoms with E-state index in [-0.39, 0.29) is 11.8 Å². The summed E-state index contributed by atoms with van der Waals surface area (Å²) in [5.74, 6) is -0.671. The largest absolute Gasteiger partial charge is 0.480 e. The number of aliphatic hydroxyl groups excluding tert-OH is 1. The molecule has 0 aliphatic heterocycles. The van der Waals surface area contributed by atoms with Gasteiger partial charge in [-0.05, 0) is 70.8 Å². The molecule has 3 N–H and O–H groups in total. The predicted octanol–water partition coefficient (Wildman–Crippen LogP) is 5.18. The predicted molar refractivity (Wildman–Crippen MR) is 123 cm³/mol. The van der Waals surface area contributed by atoms with Gasteiger partial charge in [-0.1, -0.05) is 56.5 Å². The van der Waals surface area contributed by atoms with Crippen molar-refractivity contribution in [3.63, 3.8) is 0 Å². The van der Waals surface area contributed by atoms with Crippen molar-refractivity contribution in [3.8, 4) is 0 Å². The Morgan fingerprint density at radius 1 is 1.06 bits per heavy atom. The Kier molecular flexibility index (Phi) is 11.6. The molecule has 6 nitrogen and oxygen atoms in total. The van der Waals surface area contributed by atoms with Gasteiger partial charge in [0.15, 0.2) is 0 Å². The van der Waals surface area contributed by atoms with Crippen LogP contribution in [0.1, 0.15) is 78.7 Å². The van der Waals surface area contributed by atoms with Gasteiger partial charge in [0.1, 0.15) is 11.6 Å². The van der Waals surface area contributed by atoms with Crippen LogP contribution < -0.4 is 5.32 Å². The highest BCUT2D eigenvalue weighted by atomic mass is 16.6. The highest BCUT2D eigenvalue weighted by Crippen LogP contribution is 2.30. The molecular weight excluding hydrogens is 394 g/mol. The molecule has 0 aliphatic rings. The van der Waals surface area contributed by atoms with Crippen LogP contribution in [0.4, 0.5) is 4.79 Å². The standard InChI is InChI=1S/C25H41NO5/c1-6-7-15-21(18(2)27)20(17-19-12-9-8-10-13-19)14-11-16-22(23(28)29)26-24(30)31-25(3,4)5/h8-10,12-13,18,20-22,27H,6-7,11,14-17H2,1-5H3,(H,26,30)(H,28,29). The zero-order valence-electron chi connectivity index (χ0n) is 19.8. The van der Waals surface area contributed by atoms with Crippen molar-refractivity contribution in [3.05, 3.63) is 35.9 Å². The van der Waals surface area contributed by atoms with Crippen molar-refractivity contribution in [1.82, 2.24) is 5.32 Å². The van der Waals surface area contributed by atoms with Crippen molar-refractivity contribution in [2.75, 3.05) is 0 Å². The van der Waals surface area contributed by atoms with E-state index in [0.29, 0.717) is 12.8 Å². The number of unbranched alkanes of at least 4 members (excludes halogenated alkanes) is 1. The lowest BCUT2D eigenvalue weighted by Gasteiger charge is -2.30. The summed E-state index contributed by atoms with van der Waals surface area (Å²) in [5.41, 5.74) is 0.536. The molecule has 0 heterocycles. The minimum absolute atomic E-state index is 0.155. The van der Waals surface area contributed by atoms with Gasteiger partial charge >= 0.3 is 12.1 Å². The van der Waals surface area contributed by atoms with Crippen LogP contribution in [0.5, 0.6) is 0 Å². The smallest absolute Gasteiger partial charge is 0.408 e. The third kappa shape index (κ3) is 11.2. The number of alkyl carbamates (subject to hydrolysis) is 1. The average Bonchev–Trinajstić information content (AvgIpc) is 2.66. The Hall–Kier alpha value is -2.08. The number of rotatable bonds is 13. The van der Waals surface area contributed by atoms with E-state index in [9.17, 15) is 19.8 Å². The quantitative estimate of drug-likeness (QED) is 0.397. The van der Waals surface area contributed by atoms with E-state index < -0.39 is 29.8 Å². The number of carboxylic acid groups (broad SMARTS) is 1. The number of amides is 1. The molecule has 31 heavy (non-hydrogen) atoms. The van der Waals surface area contributed by atoms with Gasteiger partial charge < -0.3 is 20.3 Å². The Morgan fingerprint density at radius 3 is 2.23 bits per heavy atom. The maximum atomic E-state index is 12.0. The van der Waals surface area contributed by atoms with Gasteiger partial charge in [0, 0.05) is 0 Å². The third-order valence-corrected chi connectivity index (χ3v) is 5.51. The summed E-state index contributed by atoms with van der Waals surface area (Å²) in [7, 11) is 0. The number of aliphatic hydroxyl groups is 1. The normalized spacial score (nSPS) is 15.5. The van der Waals surface area contributed by atoms with Gasteiger partial charge in [0.25, 0.3) is 0 Å². The molecule has 1 aromatic rings. The second-order valence-electron chi connectivity index (χ2n) is 9.46. The average molecular weight is 436 g/mol. The number of carboxylic acids is 1. The van der Waals surface area contributed by atoms with Crippen molar-refractivity contribution >= 4 is 12.1 Å². The zero-order chi connectivity index (χ0) is 23.4. The molecule has 0 saturated heterocycles. The maximum absolute atomic E-state index is 12.0. The summed E-state index contributed by atoms with van der Waals surface area (Å²) in [5, 5.41) is 22.4. The summed E-state index contributed by atoms with van der Waals surface area (Å²) in [6.45, 7) is 9.21. The summed E-state index contributed by atoms with van der Waals surface area (Å²) in [6, 6.07) is 9.21.